The van der Waals surface area contributed by atoms with Gasteiger partial charge in [-0.1, -0.05) is 11.6 Å². The minimum absolute atomic E-state index is 0.298. The van der Waals surface area contributed by atoms with Crippen LogP contribution in [0.2, 0.25) is 5.02 Å². The van der Waals surface area contributed by atoms with Gasteiger partial charge in [0.05, 0.1) is 5.69 Å². The van der Waals surface area contributed by atoms with E-state index >= 15 is 0 Å². The van der Waals surface area contributed by atoms with E-state index in [0.717, 1.165) is 11.5 Å². The molecule has 0 aliphatic carbocycles. The summed E-state index contributed by atoms with van der Waals surface area (Å²) in [4.78, 5) is 0. The second-order valence-corrected chi connectivity index (χ2v) is 4.58. The first kappa shape index (κ1) is 11.8. The van der Waals surface area contributed by atoms with Gasteiger partial charge in [0.15, 0.2) is 0 Å². The minimum atomic E-state index is -0.431. The lowest BCUT2D eigenvalue weighted by Crippen LogP contribution is -1.91. The van der Waals surface area contributed by atoms with Crippen LogP contribution < -0.4 is 5.32 Å². The smallest absolute Gasteiger partial charge is 0.132 e. The van der Waals surface area contributed by atoms with E-state index in [2.05, 4.69) is 15.8 Å². The van der Waals surface area contributed by atoms with Crippen molar-refractivity contribution < 1.29 is 4.39 Å². The Morgan fingerprint density at radius 1 is 1.47 bits per heavy atom. The summed E-state index contributed by atoms with van der Waals surface area (Å²) in [7, 11) is 0. The summed E-state index contributed by atoms with van der Waals surface area (Å²) in [6, 6.07) is 6.16. The average molecular weight is 268 g/mol. The van der Waals surface area contributed by atoms with Crippen LogP contribution in [-0.4, -0.2) is 4.37 Å². The summed E-state index contributed by atoms with van der Waals surface area (Å²) in [6.07, 6.45) is 0. The second kappa shape index (κ2) is 4.70. The molecule has 3 nitrogen and oxygen atoms in total. The molecule has 2 rings (SSSR count). The van der Waals surface area contributed by atoms with Gasteiger partial charge in [-0.15, -0.1) is 0 Å². The normalized spacial score (nSPS) is 10.0. The number of nitrogens with zero attached hydrogens (tertiary/aromatic N) is 2. The standard InChI is InChI=1S/C11H7ClFN3S/c1-6-10(5-14)11(17-16-6)15-9-3-7(12)2-8(13)4-9/h2-4,15H,1H3. The first-order chi connectivity index (χ1) is 8.10. The molecule has 1 N–H and O–H groups in total. The molecule has 0 unspecified atom stereocenters. The van der Waals surface area contributed by atoms with Gasteiger partial charge < -0.3 is 5.32 Å². The molecule has 0 saturated heterocycles. The Morgan fingerprint density at radius 2 is 2.24 bits per heavy atom. The van der Waals surface area contributed by atoms with E-state index in [1.807, 2.05) is 0 Å². The maximum Gasteiger partial charge on any atom is 0.132 e. The van der Waals surface area contributed by atoms with Crippen molar-refractivity contribution in [3.8, 4) is 6.07 Å². The Morgan fingerprint density at radius 3 is 2.88 bits per heavy atom. The summed E-state index contributed by atoms with van der Waals surface area (Å²) in [5.41, 5.74) is 1.62. The predicted octanol–water partition coefficient (Wildman–Crippen LogP) is 3.86. The third-order valence-electron chi connectivity index (χ3n) is 2.09. The second-order valence-electron chi connectivity index (χ2n) is 3.37. The van der Waals surface area contributed by atoms with Gasteiger partial charge >= 0.3 is 0 Å². The predicted molar refractivity (Wildman–Crippen MR) is 66.3 cm³/mol. The summed E-state index contributed by atoms with van der Waals surface area (Å²) >= 11 is 6.90. The molecule has 0 bridgehead atoms. The molecular formula is C11H7ClFN3S. The van der Waals surface area contributed by atoms with Gasteiger partial charge in [0.25, 0.3) is 0 Å². The quantitative estimate of drug-likeness (QED) is 0.899. The van der Waals surface area contributed by atoms with Crippen LogP contribution >= 0.6 is 23.1 Å². The molecule has 86 valence electrons. The molecule has 6 heteroatoms. The lowest BCUT2D eigenvalue weighted by molar-refractivity contribution is 0.628. The molecular weight excluding hydrogens is 261 g/mol. The molecule has 1 heterocycles. The highest BCUT2D eigenvalue weighted by atomic mass is 35.5. The van der Waals surface area contributed by atoms with Crippen LogP contribution in [0, 0.1) is 24.1 Å². The largest absolute Gasteiger partial charge is 0.345 e. The van der Waals surface area contributed by atoms with Crippen molar-refractivity contribution in [1.82, 2.24) is 4.37 Å². The van der Waals surface area contributed by atoms with E-state index in [-0.39, 0.29) is 0 Å². The molecule has 0 amide bonds. The van der Waals surface area contributed by atoms with Crippen LogP contribution in [-0.2, 0) is 0 Å². The van der Waals surface area contributed by atoms with Crippen molar-refractivity contribution in [2.75, 3.05) is 5.32 Å². The fourth-order valence-electron chi connectivity index (χ4n) is 1.34. The number of hydrogen-bond donors (Lipinski definition) is 1. The van der Waals surface area contributed by atoms with Crippen molar-refractivity contribution in [2.24, 2.45) is 0 Å². The number of aromatic nitrogens is 1. The maximum atomic E-state index is 13.1. The highest BCUT2D eigenvalue weighted by molar-refractivity contribution is 7.10. The molecule has 1 aromatic heterocycles. The van der Waals surface area contributed by atoms with Gasteiger partial charge in [-0.25, -0.2) is 4.39 Å². The van der Waals surface area contributed by atoms with E-state index in [4.69, 9.17) is 16.9 Å². The highest BCUT2D eigenvalue weighted by Crippen LogP contribution is 2.28. The van der Waals surface area contributed by atoms with Crippen molar-refractivity contribution >= 4 is 33.8 Å². The Labute approximate surface area is 107 Å². The molecule has 0 fully saturated rings. The van der Waals surface area contributed by atoms with Crippen molar-refractivity contribution in [3.63, 3.8) is 0 Å². The number of aryl methyl sites for hydroxylation is 1. The Hall–Kier alpha value is -1.64. The fraction of sp³-hybridized carbons (Fsp3) is 0.0909. The van der Waals surface area contributed by atoms with Crippen LogP contribution in [0.3, 0.4) is 0 Å². The van der Waals surface area contributed by atoms with Crippen LogP contribution in [0.25, 0.3) is 0 Å². The van der Waals surface area contributed by atoms with Gasteiger partial charge in [0, 0.05) is 10.7 Å². The van der Waals surface area contributed by atoms with E-state index in [1.165, 1.54) is 12.1 Å². The zero-order valence-electron chi connectivity index (χ0n) is 8.79. The van der Waals surface area contributed by atoms with E-state index in [9.17, 15) is 4.39 Å². The van der Waals surface area contributed by atoms with Crippen molar-refractivity contribution in [2.45, 2.75) is 6.92 Å². The third-order valence-corrected chi connectivity index (χ3v) is 3.17. The topological polar surface area (TPSA) is 48.7 Å². The fourth-order valence-corrected chi connectivity index (χ4v) is 2.33. The first-order valence-electron chi connectivity index (χ1n) is 4.69. The maximum absolute atomic E-state index is 13.1. The average Bonchev–Trinajstić information content (AvgIpc) is 2.57. The number of halogens is 2. The summed E-state index contributed by atoms with van der Waals surface area (Å²) < 4.78 is 17.2. The van der Waals surface area contributed by atoms with Crippen LogP contribution in [0.5, 0.6) is 0 Å². The Bertz CT molecular complexity index is 583. The van der Waals surface area contributed by atoms with E-state index in [1.54, 1.807) is 13.0 Å². The Balaban J connectivity index is 2.35. The zero-order valence-corrected chi connectivity index (χ0v) is 10.4. The highest BCUT2D eigenvalue weighted by Gasteiger charge is 2.10. The number of nitriles is 1. The lowest BCUT2D eigenvalue weighted by Gasteiger charge is -2.04. The van der Waals surface area contributed by atoms with Crippen LogP contribution in [0.4, 0.5) is 15.1 Å². The van der Waals surface area contributed by atoms with Crippen LogP contribution in [0.15, 0.2) is 18.2 Å². The number of hydrogen-bond acceptors (Lipinski definition) is 4. The molecule has 0 atom stereocenters. The van der Waals surface area contributed by atoms with Crippen LogP contribution in [0.1, 0.15) is 11.3 Å². The molecule has 2 aromatic rings. The third kappa shape index (κ3) is 2.54. The van der Waals surface area contributed by atoms with Crippen molar-refractivity contribution in [1.29, 1.82) is 5.26 Å². The number of benzene rings is 1. The van der Waals surface area contributed by atoms with Gasteiger partial charge in [-0.3, -0.25) is 0 Å². The van der Waals surface area contributed by atoms with Gasteiger partial charge in [-0.2, -0.15) is 9.64 Å². The summed E-state index contributed by atoms with van der Waals surface area (Å²) in [5.74, 6) is -0.431. The molecule has 0 aliphatic heterocycles. The Kier molecular flexibility index (Phi) is 3.27. The van der Waals surface area contributed by atoms with Gasteiger partial charge in [-0.05, 0) is 36.7 Å². The van der Waals surface area contributed by atoms with Gasteiger partial charge in [0.1, 0.15) is 22.5 Å². The molecule has 1 aromatic carbocycles. The lowest BCUT2D eigenvalue weighted by atomic mass is 10.2. The molecule has 0 radical (unpaired) electrons. The minimum Gasteiger partial charge on any atom is -0.345 e. The molecule has 0 saturated carbocycles. The molecule has 0 spiro atoms. The summed E-state index contributed by atoms with van der Waals surface area (Å²) in [6.45, 7) is 1.75. The van der Waals surface area contributed by atoms with Crippen molar-refractivity contribution in [3.05, 3.63) is 40.3 Å². The number of nitrogens with one attached hydrogen (secondary N) is 1. The monoisotopic (exact) mass is 267 g/mol. The van der Waals surface area contributed by atoms with Gasteiger partial charge in [0.2, 0.25) is 0 Å². The molecule has 0 aliphatic rings. The number of rotatable bonds is 2. The first-order valence-corrected chi connectivity index (χ1v) is 5.85. The van der Waals surface area contributed by atoms with E-state index in [0.29, 0.717) is 27.0 Å². The molecule has 17 heavy (non-hydrogen) atoms. The SMILES string of the molecule is Cc1nsc(Nc2cc(F)cc(Cl)c2)c1C#N. The van der Waals surface area contributed by atoms with E-state index < -0.39 is 5.82 Å². The zero-order chi connectivity index (χ0) is 12.4. The summed E-state index contributed by atoms with van der Waals surface area (Å²) in [5, 5.41) is 12.8. The number of anilines is 2.